The van der Waals surface area contributed by atoms with Crippen molar-refractivity contribution in [2.75, 3.05) is 0 Å². The van der Waals surface area contributed by atoms with Crippen LogP contribution < -0.4 is 0 Å². The van der Waals surface area contributed by atoms with Gasteiger partial charge in [-0.3, -0.25) is 4.79 Å². The van der Waals surface area contributed by atoms with Crippen LogP contribution in [-0.4, -0.2) is 45.2 Å². The Hall–Kier alpha value is -0.650. The van der Waals surface area contributed by atoms with Crippen LogP contribution in [0.25, 0.3) is 0 Å². The van der Waals surface area contributed by atoms with E-state index in [0.29, 0.717) is 24.2 Å². The molecule has 5 nitrogen and oxygen atoms in total. The van der Waals surface area contributed by atoms with Gasteiger partial charge >= 0.3 is 5.97 Å². The average Bonchev–Trinajstić information content (AvgIpc) is 2.83. The van der Waals surface area contributed by atoms with Gasteiger partial charge in [-0.25, -0.2) is 0 Å². The second-order valence-electron chi connectivity index (χ2n) is 10.9. The minimum atomic E-state index is -1.41. The second-order valence-corrected chi connectivity index (χ2v) is 10.9. The summed E-state index contributed by atoms with van der Waals surface area (Å²) in [6, 6.07) is 0. The molecule has 3 N–H and O–H groups in total. The largest absolute Gasteiger partial charge is 0.463 e. The van der Waals surface area contributed by atoms with E-state index >= 15 is 0 Å². The van der Waals surface area contributed by atoms with Crippen LogP contribution in [0.1, 0.15) is 79.1 Å². The van der Waals surface area contributed by atoms with Crippen molar-refractivity contribution in [3.63, 3.8) is 0 Å². The van der Waals surface area contributed by atoms with E-state index in [1.54, 1.807) is 6.92 Å². The minimum Gasteiger partial charge on any atom is -0.463 e. The van der Waals surface area contributed by atoms with Gasteiger partial charge in [-0.1, -0.05) is 13.8 Å². The first-order chi connectivity index (χ1) is 13.0. The molecular weight excluding hydrogens is 356 g/mol. The Morgan fingerprint density at radius 3 is 2.43 bits per heavy atom. The highest BCUT2D eigenvalue weighted by atomic mass is 16.5. The normalized spacial score (nSPS) is 54.2. The van der Waals surface area contributed by atoms with Crippen molar-refractivity contribution in [2.24, 2.45) is 34.5 Å². The lowest BCUT2D eigenvalue weighted by Gasteiger charge is -2.61. The Labute approximate surface area is 168 Å². The predicted molar refractivity (Wildman–Crippen MR) is 105 cm³/mol. The van der Waals surface area contributed by atoms with Gasteiger partial charge in [-0.2, -0.15) is 0 Å². The van der Waals surface area contributed by atoms with E-state index in [4.69, 9.17) is 4.74 Å². The fourth-order valence-electron chi connectivity index (χ4n) is 8.37. The Bertz CT molecular complexity index is 634. The summed E-state index contributed by atoms with van der Waals surface area (Å²) < 4.78 is 5.54. The topological polar surface area (TPSA) is 87.0 Å². The lowest BCUT2D eigenvalue weighted by molar-refractivity contribution is -0.209. The Morgan fingerprint density at radius 1 is 1.07 bits per heavy atom. The maximum Gasteiger partial charge on any atom is 0.302 e. The third-order valence-corrected chi connectivity index (χ3v) is 9.88. The first-order valence-electron chi connectivity index (χ1n) is 11.3. The number of hydrogen-bond donors (Lipinski definition) is 3. The van der Waals surface area contributed by atoms with Gasteiger partial charge in [0, 0.05) is 12.3 Å². The molecule has 0 spiro atoms. The summed E-state index contributed by atoms with van der Waals surface area (Å²) in [6.45, 7) is 7.66. The van der Waals surface area contributed by atoms with Crippen LogP contribution in [0.4, 0.5) is 0 Å². The van der Waals surface area contributed by atoms with Gasteiger partial charge in [0.15, 0.2) is 0 Å². The highest BCUT2D eigenvalue weighted by Crippen LogP contribution is 2.68. The van der Waals surface area contributed by atoms with Crippen LogP contribution >= 0.6 is 0 Å². The molecule has 0 radical (unpaired) electrons. The fourth-order valence-corrected chi connectivity index (χ4v) is 8.37. The Kier molecular flexibility index (Phi) is 4.92. The van der Waals surface area contributed by atoms with Crippen LogP contribution in [0.2, 0.25) is 0 Å². The number of carbonyl (C=O) groups is 1. The summed E-state index contributed by atoms with van der Waals surface area (Å²) >= 11 is 0. The zero-order valence-corrected chi connectivity index (χ0v) is 17.9. The first kappa shape index (κ1) is 20.6. The molecular formula is C23H38O5. The third-order valence-electron chi connectivity index (χ3n) is 9.88. The molecule has 0 heterocycles. The van der Waals surface area contributed by atoms with E-state index in [1.807, 2.05) is 0 Å². The molecule has 4 fully saturated rings. The van der Waals surface area contributed by atoms with Crippen molar-refractivity contribution >= 4 is 5.97 Å². The van der Waals surface area contributed by atoms with Crippen molar-refractivity contribution in [2.45, 2.75) is 103 Å². The number of carbonyl (C=O) groups excluding carboxylic acids is 1. The standard InChI is InChI=1S/C23H38O5/c1-13(24)23(27)20(26)12-19-17-6-5-15-11-16(28-14(2)25)7-9-21(15,3)18(17)8-10-22(19,23)4/h13,15-20,24,26-27H,5-12H2,1-4H3/t13-,15-,16+,17+,18+,19+,20+,21-,22-,23+/m0/s1. The summed E-state index contributed by atoms with van der Waals surface area (Å²) in [5, 5.41) is 32.5. The predicted octanol–water partition coefficient (Wildman–Crippen LogP) is 3.04. The minimum absolute atomic E-state index is 0.0645. The fraction of sp³-hybridized carbons (Fsp3) is 0.957. The summed E-state index contributed by atoms with van der Waals surface area (Å²) in [6.07, 6.45) is 6.02. The summed E-state index contributed by atoms with van der Waals surface area (Å²) in [5.41, 5.74) is -1.59. The number of hydrogen-bond acceptors (Lipinski definition) is 5. The summed E-state index contributed by atoms with van der Waals surface area (Å²) in [4.78, 5) is 11.4. The van der Waals surface area contributed by atoms with E-state index in [1.165, 1.54) is 6.92 Å². The van der Waals surface area contributed by atoms with Gasteiger partial charge in [0.25, 0.3) is 0 Å². The molecule has 28 heavy (non-hydrogen) atoms. The van der Waals surface area contributed by atoms with Gasteiger partial charge in [0.2, 0.25) is 0 Å². The highest BCUT2D eigenvalue weighted by molar-refractivity contribution is 5.66. The van der Waals surface area contributed by atoms with E-state index < -0.39 is 23.2 Å². The Morgan fingerprint density at radius 2 is 1.79 bits per heavy atom. The van der Waals surface area contributed by atoms with Crippen LogP contribution in [-0.2, 0) is 9.53 Å². The van der Waals surface area contributed by atoms with Gasteiger partial charge in [-0.15, -0.1) is 0 Å². The average molecular weight is 395 g/mol. The van der Waals surface area contributed by atoms with Crippen molar-refractivity contribution in [3.8, 4) is 0 Å². The molecule has 0 saturated heterocycles. The highest BCUT2D eigenvalue weighted by Gasteiger charge is 2.69. The molecule has 4 aliphatic rings. The molecule has 160 valence electrons. The summed E-state index contributed by atoms with van der Waals surface area (Å²) in [7, 11) is 0. The molecule has 0 aliphatic heterocycles. The van der Waals surface area contributed by atoms with Crippen molar-refractivity contribution in [1.29, 1.82) is 0 Å². The maximum absolute atomic E-state index is 11.4. The third kappa shape index (κ3) is 2.65. The molecule has 0 aromatic rings. The van der Waals surface area contributed by atoms with E-state index in [2.05, 4.69) is 13.8 Å². The van der Waals surface area contributed by atoms with Gasteiger partial charge < -0.3 is 20.1 Å². The van der Waals surface area contributed by atoms with Crippen molar-refractivity contribution in [1.82, 2.24) is 0 Å². The molecule has 5 heteroatoms. The van der Waals surface area contributed by atoms with Crippen LogP contribution in [0.5, 0.6) is 0 Å². The first-order valence-corrected chi connectivity index (χ1v) is 11.3. The molecule has 0 aromatic heterocycles. The smallest absolute Gasteiger partial charge is 0.302 e. The lowest BCUT2D eigenvalue weighted by atomic mass is 9.44. The quantitative estimate of drug-likeness (QED) is 0.627. The summed E-state index contributed by atoms with van der Waals surface area (Å²) in [5.74, 6) is 1.75. The van der Waals surface area contributed by atoms with E-state index in [0.717, 1.165) is 44.9 Å². The zero-order valence-electron chi connectivity index (χ0n) is 17.9. The zero-order chi connectivity index (χ0) is 20.5. The van der Waals surface area contributed by atoms with Crippen molar-refractivity contribution in [3.05, 3.63) is 0 Å². The van der Waals surface area contributed by atoms with E-state index in [-0.39, 0.29) is 23.4 Å². The number of aliphatic hydroxyl groups excluding tert-OH is 2. The molecule has 0 bridgehead atoms. The molecule has 4 rings (SSSR count). The number of fused-ring (bicyclic) bond motifs is 5. The number of rotatable bonds is 2. The molecule has 4 saturated carbocycles. The molecule has 0 unspecified atom stereocenters. The monoisotopic (exact) mass is 394 g/mol. The number of aliphatic hydroxyl groups is 3. The van der Waals surface area contributed by atoms with Crippen LogP contribution in [0.15, 0.2) is 0 Å². The van der Waals surface area contributed by atoms with Gasteiger partial charge in [0.1, 0.15) is 11.7 Å². The van der Waals surface area contributed by atoms with Crippen LogP contribution in [0.3, 0.4) is 0 Å². The lowest BCUT2D eigenvalue weighted by Crippen LogP contribution is -2.61. The molecule has 4 aliphatic carbocycles. The number of esters is 1. The van der Waals surface area contributed by atoms with Crippen molar-refractivity contribution < 1.29 is 24.9 Å². The number of ether oxygens (including phenoxy) is 1. The van der Waals surface area contributed by atoms with Gasteiger partial charge in [-0.05, 0) is 87.4 Å². The molecule has 0 aromatic carbocycles. The maximum atomic E-state index is 11.4. The van der Waals surface area contributed by atoms with Crippen LogP contribution in [0, 0.1) is 34.5 Å². The SMILES string of the molecule is CC(=O)O[C@@H]1CC[C@@]2(C)[C@@H](CC[C@@H]3[C@H]2CC[C@@]2(C)[C@@H]3C[C@@H](O)[C@]2(O)[C@H](C)O)C1. The second kappa shape index (κ2) is 6.68. The van der Waals surface area contributed by atoms with Gasteiger partial charge in [0.05, 0.1) is 12.2 Å². The molecule has 10 atom stereocenters. The van der Waals surface area contributed by atoms with E-state index in [9.17, 15) is 20.1 Å². The molecule has 0 amide bonds. The Balaban J connectivity index is 1.58.